The largest absolute Gasteiger partial charge is 0.491 e. The van der Waals surface area contributed by atoms with Crippen LogP contribution in [0, 0.1) is 18.8 Å². The van der Waals surface area contributed by atoms with E-state index in [9.17, 15) is 24.3 Å². The summed E-state index contributed by atoms with van der Waals surface area (Å²) in [6.45, 7) is 11.2. The van der Waals surface area contributed by atoms with Crippen LogP contribution in [0.25, 0.3) is 10.4 Å². The number of anilines is 3. The Balaban J connectivity index is 0.675. The van der Waals surface area contributed by atoms with Crippen LogP contribution in [-0.2, 0) is 46.4 Å². The monoisotopic (exact) mass is 1180 g/mol. The van der Waals surface area contributed by atoms with Crippen LogP contribution in [0.5, 0.6) is 11.5 Å². The van der Waals surface area contributed by atoms with Crippen LogP contribution in [0.3, 0.4) is 0 Å². The van der Waals surface area contributed by atoms with Crippen molar-refractivity contribution in [1.29, 1.82) is 0 Å². The van der Waals surface area contributed by atoms with Gasteiger partial charge in [-0.1, -0.05) is 50.6 Å². The number of benzene rings is 3. The number of amides is 4. The minimum atomic E-state index is -0.915. The highest BCUT2D eigenvalue weighted by molar-refractivity contribution is 9.10. The number of fused-ring (bicyclic) bond motifs is 1. The lowest BCUT2D eigenvalue weighted by atomic mass is 9.84. The molecule has 0 bridgehead atoms. The van der Waals surface area contributed by atoms with Crippen molar-refractivity contribution >= 4 is 68.3 Å². The maximum Gasteiger partial charge on any atom is 0.255 e. The van der Waals surface area contributed by atoms with Crippen LogP contribution in [0.4, 0.5) is 17.5 Å². The standard InChI is InChI=1S/C58H74BrN9O11S/c1-38(2)51(68-35-43-9-5-6-12-47(43)56(68)72)57(73)67-36-45(69)32-49(67)54(70)61-33-42-14-13-41(52-39(3)63-37-80-52)31-50(42)79-30-28-77-26-24-75-22-21-74-23-25-76-27-29-78-46-17-15-44(16-18-46)64-58-62-34-48(59)53(65-58)60-19-8-20-66(4)55(71)40-10-7-11-40/h5-6,9,12-18,31,34,37-38,40,45,49,51,69H,7-8,10-11,19-30,32-33,35-36H2,1-4H3,(H,61,70)(H2,60,62,64,65)/t45-,49+,51?/m1/s1. The normalized spacial score (nSPS) is 16.4. The van der Waals surface area contributed by atoms with Gasteiger partial charge in [0.25, 0.3) is 5.91 Å². The molecule has 3 atom stereocenters. The molecule has 80 heavy (non-hydrogen) atoms. The number of ether oxygens (including phenoxy) is 6. The molecule has 20 nitrogen and oxygen atoms in total. The Kier molecular flexibility index (Phi) is 22.4. The number of likely N-dealkylation sites (tertiary alicyclic amines) is 1. The summed E-state index contributed by atoms with van der Waals surface area (Å²) in [5.41, 5.74) is 6.59. The van der Waals surface area contributed by atoms with Gasteiger partial charge in [-0.25, -0.2) is 9.97 Å². The zero-order valence-corrected chi connectivity index (χ0v) is 48.4. The zero-order valence-electron chi connectivity index (χ0n) is 46.0. The third-order valence-electron chi connectivity index (χ3n) is 14.2. The summed E-state index contributed by atoms with van der Waals surface area (Å²) in [6, 6.07) is 18.9. The lowest BCUT2D eigenvalue weighted by Gasteiger charge is -2.35. The quantitative estimate of drug-likeness (QED) is 0.0311. The van der Waals surface area contributed by atoms with E-state index in [1.54, 1.807) is 22.7 Å². The fourth-order valence-corrected chi connectivity index (χ4v) is 10.9. The molecule has 4 N–H and O–H groups in total. The average molecular weight is 1190 g/mol. The molecule has 0 spiro atoms. The molecule has 4 heterocycles. The summed E-state index contributed by atoms with van der Waals surface area (Å²) >= 11 is 5.05. The van der Waals surface area contributed by atoms with Crippen molar-refractivity contribution in [2.24, 2.45) is 11.8 Å². The van der Waals surface area contributed by atoms with Gasteiger partial charge in [0.1, 0.15) is 42.6 Å². The number of nitrogens with zero attached hydrogens (tertiary/aromatic N) is 6. The second kappa shape index (κ2) is 30.0. The van der Waals surface area contributed by atoms with Gasteiger partial charge in [-0.05, 0) is 95.6 Å². The van der Waals surface area contributed by atoms with Crippen molar-refractivity contribution < 1.29 is 52.7 Å². The molecule has 3 aromatic carbocycles. The Morgan fingerprint density at radius 1 is 0.887 bits per heavy atom. The van der Waals surface area contributed by atoms with Crippen LogP contribution in [0.2, 0.25) is 0 Å². The molecule has 2 fully saturated rings. The number of hydrogen-bond donors (Lipinski definition) is 4. The smallest absolute Gasteiger partial charge is 0.255 e. The number of nitrogens with one attached hydrogen (secondary N) is 3. The van der Waals surface area contributed by atoms with Crippen molar-refractivity contribution in [3.63, 3.8) is 0 Å². The summed E-state index contributed by atoms with van der Waals surface area (Å²) < 4.78 is 35.7. The summed E-state index contributed by atoms with van der Waals surface area (Å²) in [4.78, 5) is 73.3. The predicted octanol–water partition coefficient (Wildman–Crippen LogP) is 7.26. The summed E-state index contributed by atoms with van der Waals surface area (Å²) in [6.07, 6.45) is 4.87. The molecule has 3 aliphatic rings. The molecule has 2 aliphatic heterocycles. The van der Waals surface area contributed by atoms with E-state index in [1.807, 2.05) is 93.4 Å². The SMILES string of the molecule is Cc1ncsc1-c1ccc(CNC(=O)[C@@H]2C[C@@H](O)CN2C(=O)C(C(C)C)N2Cc3ccccc3C2=O)c(OCCOCCOCCOCCOCCOc2ccc(Nc3ncc(Br)c(NCCCN(C)C(=O)C4CCC4)n3)cc2)c1. The number of carbonyl (C=O) groups is 4. The summed E-state index contributed by atoms with van der Waals surface area (Å²) in [5, 5.41) is 20.3. The third kappa shape index (κ3) is 16.4. The molecule has 1 saturated heterocycles. The van der Waals surface area contributed by atoms with Crippen molar-refractivity contribution in [1.82, 2.24) is 35.0 Å². The number of rotatable bonds is 32. The average Bonchev–Trinajstić information content (AvgIpc) is 4.15. The molecule has 2 aromatic heterocycles. The van der Waals surface area contributed by atoms with E-state index >= 15 is 0 Å². The lowest BCUT2D eigenvalue weighted by molar-refractivity contribution is -0.143. The van der Waals surface area contributed by atoms with Gasteiger partial charge >= 0.3 is 0 Å². The van der Waals surface area contributed by atoms with E-state index in [2.05, 4.69) is 46.8 Å². The van der Waals surface area contributed by atoms with Crippen LogP contribution in [-0.4, -0.2) is 169 Å². The van der Waals surface area contributed by atoms with Crippen molar-refractivity contribution in [3.05, 3.63) is 105 Å². The van der Waals surface area contributed by atoms with Crippen molar-refractivity contribution in [3.8, 4) is 21.9 Å². The maximum absolute atomic E-state index is 14.3. The molecule has 5 aromatic rings. The molecule has 430 valence electrons. The van der Waals surface area contributed by atoms with Gasteiger partial charge in [0.05, 0.1) is 79.5 Å². The van der Waals surface area contributed by atoms with Crippen molar-refractivity contribution in [2.45, 2.75) is 84.2 Å². The summed E-state index contributed by atoms with van der Waals surface area (Å²) in [7, 11) is 1.88. The van der Waals surface area contributed by atoms with E-state index in [0.29, 0.717) is 108 Å². The fourth-order valence-electron chi connectivity index (χ4n) is 9.72. The van der Waals surface area contributed by atoms with E-state index in [-0.39, 0.29) is 55.7 Å². The van der Waals surface area contributed by atoms with Gasteiger partial charge in [-0.2, -0.15) is 4.98 Å². The molecular weight excluding hydrogens is 1110 g/mol. The Bertz CT molecular complexity index is 2840. The van der Waals surface area contributed by atoms with Crippen LogP contribution < -0.4 is 25.4 Å². The first-order valence-corrected chi connectivity index (χ1v) is 29.2. The molecule has 4 amide bonds. The number of carbonyl (C=O) groups excluding carboxylic acids is 4. The highest BCUT2D eigenvalue weighted by atomic mass is 79.9. The van der Waals surface area contributed by atoms with E-state index in [4.69, 9.17) is 28.4 Å². The molecule has 1 aliphatic carbocycles. The van der Waals surface area contributed by atoms with E-state index < -0.39 is 24.1 Å². The molecule has 8 rings (SSSR count). The number of halogens is 1. The highest BCUT2D eigenvalue weighted by Gasteiger charge is 2.46. The topological polar surface area (TPSA) is 228 Å². The Morgan fingerprint density at radius 3 is 2.23 bits per heavy atom. The summed E-state index contributed by atoms with van der Waals surface area (Å²) in [5.74, 6) is 1.65. The fraction of sp³-hybridized carbons (Fsp3) is 0.500. The van der Waals surface area contributed by atoms with Gasteiger partial charge in [0, 0.05) is 75.1 Å². The van der Waals surface area contributed by atoms with Crippen LogP contribution in [0.1, 0.15) is 73.1 Å². The molecule has 0 radical (unpaired) electrons. The Hall–Kier alpha value is -6.27. The van der Waals surface area contributed by atoms with Gasteiger partial charge in [-0.3, -0.25) is 19.2 Å². The number of aliphatic hydroxyl groups is 1. The Labute approximate surface area is 480 Å². The number of thiazole rings is 1. The van der Waals surface area contributed by atoms with Gasteiger partial charge in [-0.15, -0.1) is 11.3 Å². The number of aliphatic hydroxyl groups excluding tert-OH is 1. The van der Waals surface area contributed by atoms with Crippen molar-refractivity contribution in [2.75, 3.05) is 103 Å². The minimum absolute atomic E-state index is 0.00393. The van der Waals surface area contributed by atoms with Crippen LogP contribution in [0.15, 0.2) is 82.9 Å². The van der Waals surface area contributed by atoms with E-state index in [1.165, 1.54) is 16.2 Å². The molecule has 22 heteroatoms. The number of hydrogen-bond acceptors (Lipinski definition) is 17. The van der Waals surface area contributed by atoms with Gasteiger partial charge in [0.2, 0.25) is 23.7 Å². The number of aromatic nitrogens is 3. The first-order chi connectivity index (χ1) is 38.8. The number of aryl methyl sites for hydroxylation is 1. The maximum atomic E-state index is 14.3. The highest BCUT2D eigenvalue weighted by Crippen LogP contribution is 2.34. The second-order valence-corrected chi connectivity index (χ2v) is 22.0. The minimum Gasteiger partial charge on any atom is -0.491 e. The first kappa shape index (κ1) is 59.8. The zero-order chi connectivity index (χ0) is 56.4. The molecular formula is C58H74BrN9O11S. The van der Waals surface area contributed by atoms with Gasteiger partial charge < -0.3 is 64.2 Å². The Morgan fingerprint density at radius 2 is 1.57 bits per heavy atom. The molecule has 1 unspecified atom stereocenters. The molecule has 1 saturated carbocycles. The second-order valence-electron chi connectivity index (χ2n) is 20.3. The third-order valence-corrected chi connectivity index (χ3v) is 15.8. The van der Waals surface area contributed by atoms with Gasteiger partial charge in [0.15, 0.2) is 0 Å². The number of β-amino-alcohol motifs (C(OH)–C–C–N with tert-alkyl or cyclic N) is 1. The predicted molar refractivity (Wildman–Crippen MR) is 307 cm³/mol. The van der Waals surface area contributed by atoms with Crippen LogP contribution >= 0.6 is 27.3 Å². The first-order valence-electron chi connectivity index (χ1n) is 27.5. The lowest BCUT2D eigenvalue weighted by Crippen LogP contribution is -2.55. The van der Waals surface area contributed by atoms with E-state index in [0.717, 1.165) is 63.1 Å².